The summed E-state index contributed by atoms with van der Waals surface area (Å²) in [6, 6.07) is 13.1. The lowest BCUT2D eigenvalue weighted by Crippen LogP contribution is -2.36. The minimum absolute atomic E-state index is 0.0169. The highest BCUT2D eigenvalue weighted by molar-refractivity contribution is 7.89. The van der Waals surface area contributed by atoms with Crippen molar-refractivity contribution in [3.05, 3.63) is 53.1 Å². The Morgan fingerprint density at radius 2 is 1.87 bits per heavy atom. The quantitative estimate of drug-likeness (QED) is 0.579. The van der Waals surface area contributed by atoms with Crippen molar-refractivity contribution in [2.24, 2.45) is 7.05 Å². The molecule has 7 heteroatoms. The van der Waals surface area contributed by atoms with Crippen LogP contribution in [0.5, 0.6) is 0 Å². The van der Waals surface area contributed by atoms with E-state index in [-0.39, 0.29) is 22.6 Å². The molecule has 0 saturated heterocycles. The maximum atomic E-state index is 13.1. The summed E-state index contributed by atoms with van der Waals surface area (Å²) in [6.45, 7) is 0.0169. The Labute approximate surface area is 182 Å². The molecule has 1 saturated carbocycles. The Balaban J connectivity index is 1.80. The lowest BCUT2D eigenvalue weighted by molar-refractivity contribution is 0.300. The molecule has 1 heterocycles. The highest BCUT2D eigenvalue weighted by atomic mass is 35.5. The van der Waals surface area contributed by atoms with E-state index in [4.69, 9.17) is 11.6 Å². The number of halogens is 1. The van der Waals surface area contributed by atoms with Gasteiger partial charge in [0, 0.05) is 30.6 Å². The minimum Gasteiger partial charge on any atom is -0.396 e. The van der Waals surface area contributed by atoms with E-state index in [2.05, 4.69) is 9.29 Å². The molecule has 0 bridgehead atoms. The molecule has 0 amide bonds. The van der Waals surface area contributed by atoms with Crippen molar-refractivity contribution in [3.63, 3.8) is 0 Å². The van der Waals surface area contributed by atoms with Gasteiger partial charge < -0.3 is 9.67 Å². The first-order valence-corrected chi connectivity index (χ1v) is 12.3. The number of aliphatic hydroxyl groups is 1. The van der Waals surface area contributed by atoms with E-state index in [1.807, 2.05) is 37.4 Å². The third-order valence-electron chi connectivity index (χ3n) is 5.99. The van der Waals surface area contributed by atoms with E-state index in [0.717, 1.165) is 59.8 Å². The summed E-state index contributed by atoms with van der Waals surface area (Å²) in [5.74, 6) is 0. The molecule has 0 spiro atoms. The van der Waals surface area contributed by atoms with Crippen LogP contribution in [0.3, 0.4) is 0 Å². The molecule has 0 radical (unpaired) electrons. The highest BCUT2D eigenvalue weighted by Gasteiger charge is 2.25. The van der Waals surface area contributed by atoms with E-state index in [1.165, 1.54) is 0 Å². The molecule has 5 nitrogen and oxygen atoms in total. The van der Waals surface area contributed by atoms with E-state index in [0.29, 0.717) is 6.42 Å². The predicted molar refractivity (Wildman–Crippen MR) is 121 cm³/mol. The second-order valence-electron chi connectivity index (χ2n) is 7.98. The Kier molecular flexibility index (Phi) is 6.21. The number of sulfonamides is 1. The Bertz CT molecular complexity index is 1160. The molecule has 0 atom stereocenters. The standard InChI is InChI=1S/C23H27ClN2O3S/c1-26-21-10-6-5-9-18(21)19(13-14-27)23(26)16-11-12-20(24)22(15-16)30(28,29)25-17-7-3-2-4-8-17/h5-6,9-12,15,17,25,27H,2-4,7-8,13-14H2,1H3. The van der Waals surface area contributed by atoms with Gasteiger partial charge in [0.2, 0.25) is 10.0 Å². The molecular formula is C23H27ClN2O3S. The number of rotatable bonds is 6. The number of aliphatic hydroxyl groups excluding tert-OH is 1. The molecule has 3 aromatic rings. The van der Waals surface area contributed by atoms with Gasteiger partial charge in [0.05, 0.1) is 10.7 Å². The summed E-state index contributed by atoms with van der Waals surface area (Å²) in [7, 11) is -1.77. The second-order valence-corrected chi connectivity index (χ2v) is 10.1. The van der Waals surface area contributed by atoms with Crippen LogP contribution in [0, 0.1) is 0 Å². The van der Waals surface area contributed by atoms with Crippen LogP contribution in [-0.4, -0.2) is 30.7 Å². The number of benzene rings is 2. The molecule has 0 unspecified atom stereocenters. The number of nitrogens with one attached hydrogen (secondary N) is 1. The fourth-order valence-electron chi connectivity index (χ4n) is 4.56. The monoisotopic (exact) mass is 446 g/mol. The zero-order valence-electron chi connectivity index (χ0n) is 17.1. The number of para-hydroxylation sites is 1. The average Bonchev–Trinajstić information content (AvgIpc) is 3.01. The van der Waals surface area contributed by atoms with Crippen molar-refractivity contribution in [1.82, 2.24) is 9.29 Å². The van der Waals surface area contributed by atoms with E-state index < -0.39 is 10.0 Å². The van der Waals surface area contributed by atoms with Crippen LogP contribution in [0.2, 0.25) is 5.02 Å². The van der Waals surface area contributed by atoms with Crippen molar-refractivity contribution in [2.75, 3.05) is 6.61 Å². The molecule has 160 valence electrons. The normalized spacial score (nSPS) is 15.7. The molecular weight excluding hydrogens is 420 g/mol. The molecule has 0 aliphatic heterocycles. The molecule has 1 fully saturated rings. The van der Waals surface area contributed by atoms with Crippen molar-refractivity contribution in [2.45, 2.75) is 49.5 Å². The SMILES string of the molecule is Cn1c(-c2ccc(Cl)c(S(=O)(=O)NC3CCCCC3)c2)c(CCO)c2ccccc21. The smallest absolute Gasteiger partial charge is 0.242 e. The Morgan fingerprint density at radius 3 is 2.60 bits per heavy atom. The summed E-state index contributed by atoms with van der Waals surface area (Å²) in [4.78, 5) is 0.104. The van der Waals surface area contributed by atoms with Gasteiger partial charge in [-0.05, 0) is 48.6 Å². The van der Waals surface area contributed by atoms with Crippen LogP contribution in [0.25, 0.3) is 22.2 Å². The fourth-order valence-corrected chi connectivity index (χ4v) is 6.40. The highest BCUT2D eigenvalue weighted by Crippen LogP contribution is 2.36. The van der Waals surface area contributed by atoms with Gasteiger partial charge in [-0.15, -0.1) is 0 Å². The summed E-state index contributed by atoms with van der Waals surface area (Å²) >= 11 is 6.34. The average molecular weight is 447 g/mol. The van der Waals surface area contributed by atoms with Gasteiger partial charge in [-0.25, -0.2) is 13.1 Å². The molecule has 1 aromatic heterocycles. The van der Waals surface area contributed by atoms with Crippen molar-refractivity contribution in [3.8, 4) is 11.3 Å². The van der Waals surface area contributed by atoms with Crippen molar-refractivity contribution in [1.29, 1.82) is 0 Å². The lowest BCUT2D eigenvalue weighted by Gasteiger charge is -2.23. The molecule has 1 aliphatic carbocycles. The molecule has 30 heavy (non-hydrogen) atoms. The minimum atomic E-state index is -3.73. The van der Waals surface area contributed by atoms with Gasteiger partial charge in [0.15, 0.2) is 0 Å². The molecule has 2 aromatic carbocycles. The number of nitrogens with zero attached hydrogens (tertiary/aromatic N) is 1. The van der Waals surface area contributed by atoms with Crippen molar-refractivity contribution < 1.29 is 13.5 Å². The van der Waals surface area contributed by atoms with Gasteiger partial charge >= 0.3 is 0 Å². The number of hydrogen-bond acceptors (Lipinski definition) is 3. The topological polar surface area (TPSA) is 71.3 Å². The summed E-state index contributed by atoms with van der Waals surface area (Å²) in [6.07, 6.45) is 5.45. The van der Waals surface area contributed by atoms with Crippen LogP contribution in [0.4, 0.5) is 0 Å². The molecule has 2 N–H and O–H groups in total. The number of fused-ring (bicyclic) bond motifs is 1. The maximum Gasteiger partial charge on any atom is 0.242 e. The maximum absolute atomic E-state index is 13.1. The summed E-state index contributed by atoms with van der Waals surface area (Å²) in [5, 5.41) is 10.9. The fraction of sp³-hybridized carbons (Fsp3) is 0.391. The third kappa shape index (κ3) is 4.02. The predicted octanol–water partition coefficient (Wildman–Crippen LogP) is 4.64. The lowest BCUT2D eigenvalue weighted by atomic mass is 9.96. The Hall–Kier alpha value is -1.86. The van der Waals surface area contributed by atoms with Gasteiger partial charge in [-0.1, -0.05) is 55.1 Å². The van der Waals surface area contributed by atoms with Gasteiger partial charge in [0.1, 0.15) is 4.90 Å². The van der Waals surface area contributed by atoms with Crippen molar-refractivity contribution >= 4 is 32.5 Å². The molecule has 4 rings (SSSR count). The third-order valence-corrected chi connectivity index (χ3v) is 8.00. The number of aromatic nitrogens is 1. The van der Waals surface area contributed by atoms with E-state index >= 15 is 0 Å². The number of hydrogen-bond donors (Lipinski definition) is 2. The largest absolute Gasteiger partial charge is 0.396 e. The van der Waals surface area contributed by atoms with E-state index in [9.17, 15) is 13.5 Å². The van der Waals surface area contributed by atoms with Crippen LogP contribution in [-0.2, 0) is 23.5 Å². The second kappa shape index (κ2) is 8.71. The summed E-state index contributed by atoms with van der Waals surface area (Å²) in [5.41, 5.74) is 3.71. The van der Waals surface area contributed by atoms with E-state index in [1.54, 1.807) is 12.1 Å². The van der Waals surface area contributed by atoms with Gasteiger partial charge in [-0.2, -0.15) is 0 Å². The number of aryl methyl sites for hydroxylation is 1. The first-order chi connectivity index (χ1) is 14.4. The summed E-state index contributed by atoms with van der Waals surface area (Å²) < 4.78 is 31.2. The zero-order chi connectivity index (χ0) is 21.3. The van der Waals surface area contributed by atoms with Gasteiger partial charge in [0.25, 0.3) is 0 Å². The van der Waals surface area contributed by atoms with Crippen LogP contribution in [0.1, 0.15) is 37.7 Å². The van der Waals surface area contributed by atoms with Crippen LogP contribution >= 0.6 is 11.6 Å². The van der Waals surface area contributed by atoms with Crippen LogP contribution < -0.4 is 4.72 Å². The zero-order valence-corrected chi connectivity index (χ0v) is 18.6. The first kappa shape index (κ1) is 21.4. The first-order valence-electron chi connectivity index (χ1n) is 10.4. The van der Waals surface area contributed by atoms with Gasteiger partial charge in [-0.3, -0.25) is 0 Å². The molecule has 1 aliphatic rings. The Morgan fingerprint density at radius 1 is 1.13 bits per heavy atom. The van der Waals surface area contributed by atoms with Crippen LogP contribution in [0.15, 0.2) is 47.4 Å².